The molecule has 0 unspecified atom stereocenters. The Kier molecular flexibility index (Phi) is 5.19. The summed E-state index contributed by atoms with van der Waals surface area (Å²) in [4.78, 5) is 2.09. The molecule has 0 radical (unpaired) electrons. The quantitative estimate of drug-likeness (QED) is 0.576. The molecule has 0 aliphatic rings. The number of rotatable bonds is 4. The van der Waals surface area contributed by atoms with E-state index in [1.807, 2.05) is 44.4 Å². The fourth-order valence-electron chi connectivity index (χ4n) is 3.30. The van der Waals surface area contributed by atoms with Gasteiger partial charge in [0.05, 0.1) is 11.6 Å². The Morgan fingerprint density at radius 3 is 2.15 bits per heavy atom. The zero-order valence-electron chi connectivity index (χ0n) is 16.6. The highest BCUT2D eigenvalue weighted by atomic mass is 15.1. The second-order valence-corrected chi connectivity index (χ2v) is 7.11. The lowest BCUT2D eigenvalue weighted by atomic mass is 10.0. The number of hydrogen-bond acceptors (Lipinski definition) is 2. The number of benzene rings is 2. The number of nitrogens with zero attached hydrogens (tertiary/aromatic N) is 3. The Morgan fingerprint density at radius 2 is 1.59 bits per heavy atom. The van der Waals surface area contributed by atoms with Crippen LogP contribution in [0.1, 0.15) is 28.1 Å². The Hall–Kier alpha value is -3.25. The van der Waals surface area contributed by atoms with Gasteiger partial charge in [0.15, 0.2) is 0 Å². The molecule has 0 atom stereocenters. The molecule has 0 aliphatic heterocycles. The third-order valence-corrected chi connectivity index (χ3v) is 4.88. The highest BCUT2D eigenvalue weighted by Gasteiger charge is 2.11. The van der Waals surface area contributed by atoms with Crippen molar-refractivity contribution in [1.29, 1.82) is 5.26 Å². The Labute approximate surface area is 161 Å². The average Bonchev–Trinajstić information content (AvgIpc) is 2.94. The second kappa shape index (κ2) is 7.55. The number of hydrogen-bond donors (Lipinski definition) is 0. The minimum Gasteiger partial charge on any atom is -0.378 e. The topological polar surface area (TPSA) is 32.0 Å². The first kappa shape index (κ1) is 18.5. The molecule has 136 valence electrons. The lowest BCUT2D eigenvalue weighted by molar-refractivity contribution is 0.963. The zero-order valence-corrected chi connectivity index (χ0v) is 16.6. The van der Waals surface area contributed by atoms with E-state index in [4.69, 9.17) is 0 Å². The Balaban J connectivity index is 2.02. The van der Waals surface area contributed by atoms with E-state index in [0.29, 0.717) is 5.57 Å². The van der Waals surface area contributed by atoms with Crippen LogP contribution in [0.4, 0.5) is 5.69 Å². The van der Waals surface area contributed by atoms with Crippen LogP contribution in [0.5, 0.6) is 0 Å². The lowest BCUT2D eigenvalue weighted by Crippen LogP contribution is -2.08. The van der Waals surface area contributed by atoms with Crippen molar-refractivity contribution in [3.63, 3.8) is 0 Å². The van der Waals surface area contributed by atoms with E-state index in [2.05, 4.69) is 66.6 Å². The lowest BCUT2D eigenvalue weighted by Gasteiger charge is -2.15. The minimum absolute atomic E-state index is 0.679. The monoisotopic (exact) mass is 355 g/mol. The van der Waals surface area contributed by atoms with E-state index < -0.39 is 0 Å². The van der Waals surface area contributed by atoms with Crippen LogP contribution in [-0.4, -0.2) is 18.7 Å². The van der Waals surface area contributed by atoms with Crippen LogP contribution in [0.2, 0.25) is 0 Å². The number of aryl methyl sites for hydroxylation is 2. The molecule has 2 aromatic carbocycles. The fraction of sp³-hybridized carbons (Fsp3) is 0.208. The average molecular weight is 355 g/mol. The summed E-state index contributed by atoms with van der Waals surface area (Å²) in [7, 11) is 4.08. The first-order chi connectivity index (χ1) is 12.9. The summed E-state index contributed by atoms with van der Waals surface area (Å²) in [5.41, 5.74) is 8.47. The van der Waals surface area contributed by atoms with Crippen LogP contribution < -0.4 is 4.90 Å². The molecule has 0 spiro atoms. The molecule has 0 amide bonds. The predicted octanol–water partition coefficient (Wildman–Crippen LogP) is 5.53. The molecule has 3 heteroatoms. The van der Waals surface area contributed by atoms with Gasteiger partial charge in [-0.25, -0.2) is 0 Å². The third kappa shape index (κ3) is 3.80. The van der Waals surface area contributed by atoms with Gasteiger partial charge in [0.25, 0.3) is 0 Å². The van der Waals surface area contributed by atoms with E-state index in [1.165, 1.54) is 11.3 Å². The summed E-state index contributed by atoms with van der Waals surface area (Å²) in [6, 6.07) is 21.1. The van der Waals surface area contributed by atoms with E-state index in [-0.39, 0.29) is 0 Å². The van der Waals surface area contributed by atoms with Crippen molar-refractivity contribution in [2.24, 2.45) is 0 Å². The summed E-state index contributed by atoms with van der Waals surface area (Å²) >= 11 is 0. The van der Waals surface area contributed by atoms with Gasteiger partial charge in [0.1, 0.15) is 0 Å². The Bertz CT molecular complexity index is 1010. The van der Waals surface area contributed by atoms with Gasteiger partial charge < -0.3 is 9.47 Å². The maximum Gasteiger partial charge on any atom is 0.0998 e. The van der Waals surface area contributed by atoms with Crippen LogP contribution in [0.3, 0.4) is 0 Å². The molecule has 0 aliphatic carbocycles. The predicted molar refractivity (Wildman–Crippen MR) is 114 cm³/mol. The first-order valence-electron chi connectivity index (χ1n) is 9.06. The van der Waals surface area contributed by atoms with Gasteiger partial charge >= 0.3 is 0 Å². The maximum atomic E-state index is 9.65. The molecule has 0 saturated heterocycles. The van der Waals surface area contributed by atoms with Crippen LogP contribution in [-0.2, 0) is 0 Å². The second-order valence-electron chi connectivity index (χ2n) is 7.11. The highest BCUT2D eigenvalue weighted by Crippen LogP contribution is 2.26. The van der Waals surface area contributed by atoms with Crippen LogP contribution >= 0.6 is 0 Å². The van der Waals surface area contributed by atoms with Gasteiger partial charge in [-0.15, -0.1) is 0 Å². The molecule has 1 aromatic heterocycles. The fourth-order valence-corrected chi connectivity index (χ4v) is 3.30. The molecular weight excluding hydrogens is 330 g/mol. The normalized spacial score (nSPS) is 11.3. The van der Waals surface area contributed by atoms with E-state index in [1.54, 1.807) is 0 Å². The van der Waals surface area contributed by atoms with Crippen molar-refractivity contribution in [1.82, 2.24) is 4.57 Å². The molecule has 0 saturated carbocycles. The third-order valence-electron chi connectivity index (χ3n) is 4.88. The number of aromatic nitrogens is 1. The van der Waals surface area contributed by atoms with Gasteiger partial charge in [-0.3, -0.25) is 0 Å². The highest BCUT2D eigenvalue weighted by molar-refractivity contribution is 5.90. The van der Waals surface area contributed by atoms with Crippen molar-refractivity contribution in [3.8, 4) is 11.8 Å². The van der Waals surface area contributed by atoms with Crippen LogP contribution in [0.15, 0.2) is 54.6 Å². The number of anilines is 1. The van der Waals surface area contributed by atoms with Gasteiger partial charge in [-0.2, -0.15) is 5.26 Å². The SMILES string of the molecule is Cc1ccc(/C(C#N)=C/c2cc(C)n(-c3ccc(N(C)C)cc3)c2C)cc1. The molecule has 1 heterocycles. The first-order valence-corrected chi connectivity index (χ1v) is 9.06. The summed E-state index contributed by atoms with van der Waals surface area (Å²) in [5, 5.41) is 9.65. The van der Waals surface area contributed by atoms with Crippen molar-refractivity contribution >= 4 is 17.3 Å². The van der Waals surface area contributed by atoms with Crippen molar-refractivity contribution < 1.29 is 0 Å². The Morgan fingerprint density at radius 1 is 0.963 bits per heavy atom. The van der Waals surface area contributed by atoms with E-state index in [9.17, 15) is 5.26 Å². The standard InChI is InChI=1S/C24H25N3/c1-17-6-8-20(9-7-17)22(16-25)15-21-14-18(2)27(19(21)3)24-12-10-23(11-13-24)26(4)5/h6-15H,1-5H3/b22-15+. The molecule has 3 rings (SSSR count). The van der Waals surface area contributed by atoms with E-state index >= 15 is 0 Å². The zero-order chi connectivity index (χ0) is 19.6. The van der Waals surface area contributed by atoms with Crippen LogP contribution in [0, 0.1) is 32.1 Å². The van der Waals surface area contributed by atoms with Gasteiger partial charge in [-0.05, 0) is 68.3 Å². The van der Waals surface area contributed by atoms with Gasteiger partial charge in [0, 0.05) is 36.9 Å². The number of allylic oxidation sites excluding steroid dienone is 1. The van der Waals surface area contributed by atoms with Crippen molar-refractivity contribution in [2.45, 2.75) is 20.8 Å². The largest absolute Gasteiger partial charge is 0.378 e. The van der Waals surface area contributed by atoms with Gasteiger partial charge in [-0.1, -0.05) is 29.8 Å². The summed E-state index contributed by atoms with van der Waals surface area (Å²) in [5.74, 6) is 0. The van der Waals surface area contributed by atoms with Crippen molar-refractivity contribution in [2.75, 3.05) is 19.0 Å². The smallest absolute Gasteiger partial charge is 0.0998 e. The van der Waals surface area contributed by atoms with E-state index in [0.717, 1.165) is 28.2 Å². The number of nitriles is 1. The van der Waals surface area contributed by atoms with Crippen molar-refractivity contribution in [3.05, 3.63) is 82.7 Å². The molecule has 0 N–H and O–H groups in total. The summed E-state index contributed by atoms with van der Waals surface area (Å²) in [6.45, 7) is 6.25. The van der Waals surface area contributed by atoms with Gasteiger partial charge in [0.2, 0.25) is 0 Å². The molecular formula is C24H25N3. The van der Waals surface area contributed by atoms with Crippen LogP contribution in [0.25, 0.3) is 17.3 Å². The molecule has 0 bridgehead atoms. The molecule has 27 heavy (non-hydrogen) atoms. The molecule has 0 fully saturated rings. The molecule has 3 nitrogen and oxygen atoms in total. The molecule has 3 aromatic rings. The minimum atomic E-state index is 0.679. The summed E-state index contributed by atoms with van der Waals surface area (Å²) in [6.07, 6.45) is 1.98. The summed E-state index contributed by atoms with van der Waals surface area (Å²) < 4.78 is 2.23. The maximum absolute atomic E-state index is 9.65.